The smallest absolute Gasteiger partial charge is 0.293 e. The van der Waals surface area contributed by atoms with Gasteiger partial charge in [0.2, 0.25) is 0 Å². The Kier molecular flexibility index (Phi) is 5.05. The van der Waals surface area contributed by atoms with Crippen LogP contribution in [0.1, 0.15) is 15.9 Å². The van der Waals surface area contributed by atoms with Crippen molar-refractivity contribution in [1.82, 2.24) is 4.98 Å². The van der Waals surface area contributed by atoms with Crippen LogP contribution in [0.4, 0.5) is 13.2 Å². The fraction of sp³-hybridized carbons (Fsp3) is 0.143. The van der Waals surface area contributed by atoms with Gasteiger partial charge in [-0.2, -0.15) is 13.2 Å². The average molecular weight is 376 g/mol. The lowest BCUT2D eigenvalue weighted by Gasteiger charge is -2.06. The molecule has 1 aromatic carbocycles. The summed E-state index contributed by atoms with van der Waals surface area (Å²) in [4.78, 5) is 15.6. The van der Waals surface area contributed by atoms with Crippen molar-refractivity contribution in [2.24, 2.45) is 0 Å². The van der Waals surface area contributed by atoms with Gasteiger partial charge in [-0.25, -0.2) is 4.98 Å². The van der Waals surface area contributed by atoms with Gasteiger partial charge in [0.1, 0.15) is 0 Å². The number of carbonyl (C=O) groups is 1. The molecule has 0 bridgehead atoms. The van der Waals surface area contributed by atoms with Crippen LogP contribution in [0.5, 0.6) is 0 Å². The Hall–Kier alpha value is -1.34. The van der Waals surface area contributed by atoms with E-state index in [1.807, 2.05) is 0 Å². The Balaban J connectivity index is 1.97. The first-order chi connectivity index (χ1) is 9.86. The number of nitrogens with zero attached hydrogens (tertiary/aromatic N) is 1. The second kappa shape index (κ2) is 6.62. The molecule has 0 spiro atoms. The molecule has 0 fully saturated rings. The van der Waals surface area contributed by atoms with Crippen LogP contribution in [0.2, 0.25) is 0 Å². The van der Waals surface area contributed by atoms with E-state index < -0.39 is 11.7 Å². The predicted molar refractivity (Wildman–Crippen MR) is 78.4 cm³/mol. The summed E-state index contributed by atoms with van der Waals surface area (Å²) < 4.78 is 38.0. The average Bonchev–Trinajstić information content (AvgIpc) is 2.45. The summed E-state index contributed by atoms with van der Waals surface area (Å²) in [5, 5.41) is 0.383. The van der Waals surface area contributed by atoms with Crippen LogP contribution in [-0.4, -0.2) is 16.5 Å². The van der Waals surface area contributed by atoms with Gasteiger partial charge in [0.25, 0.3) is 0 Å². The zero-order valence-electron chi connectivity index (χ0n) is 10.5. The summed E-state index contributed by atoms with van der Waals surface area (Å²) in [7, 11) is 0. The zero-order valence-corrected chi connectivity index (χ0v) is 12.9. The molecule has 0 N–H and O–H groups in total. The second-order valence-electron chi connectivity index (χ2n) is 4.10. The van der Waals surface area contributed by atoms with E-state index in [1.165, 1.54) is 6.07 Å². The topological polar surface area (TPSA) is 30.0 Å². The van der Waals surface area contributed by atoms with Crippen molar-refractivity contribution >= 4 is 33.5 Å². The van der Waals surface area contributed by atoms with E-state index >= 15 is 0 Å². The third-order valence-corrected chi connectivity index (χ3v) is 4.05. The van der Waals surface area contributed by atoms with E-state index in [0.717, 1.165) is 28.5 Å². The molecule has 0 saturated heterocycles. The van der Waals surface area contributed by atoms with Crippen molar-refractivity contribution in [3.8, 4) is 0 Å². The Bertz CT molecular complexity index is 626. The van der Waals surface area contributed by atoms with Crippen molar-refractivity contribution < 1.29 is 18.0 Å². The third kappa shape index (κ3) is 4.57. The number of aromatic nitrogens is 1. The quantitative estimate of drug-likeness (QED) is 0.565. The largest absolute Gasteiger partial charge is 0.417 e. The lowest BCUT2D eigenvalue weighted by atomic mass is 10.2. The Morgan fingerprint density at radius 2 is 1.81 bits per heavy atom. The number of Topliss-reactive ketones (excluding diaryl/α,β-unsaturated/α-hetero) is 1. The van der Waals surface area contributed by atoms with Gasteiger partial charge < -0.3 is 0 Å². The minimum absolute atomic E-state index is 0.103. The SMILES string of the molecule is O=C(CSc1ccc(C(F)(F)F)cn1)c1ccc(Br)cc1. The minimum atomic E-state index is -4.40. The Morgan fingerprint density at radius 1 is 1.14 bits per heavy atom. The molecular weight excluding hydrogens is 367 g/mol. The number of thioether (sulfide) groups is 1. The number of alkyl halides is 3. The standard InChI is InChI=1S/C14H9BrF3NOS/c15-11-4-1-9(2-5-11)12(20)8-21-13-6-3-10(7-19-13)14(16,17)18/h1-7H,8H2. The number of halogens is 4. The van der Waals surface area contributed by atoms with Gasteiger partial charge >= 0.3 is 6.18 Å². The molecule has 2 rings (SSSR count). The van der Waals surface area contributed by atoms with E-state index in [2.05, 4.69) is 20.9 Å². The molecule has 0 aliphatic rings. The highest BCUT2D eigenvalue weighted by atomic mass is 79.9. The van der Waals surface area contributed by atoms with Crippen LogP contribution in [0.15, 0.2) is 52.1 Å². The van der Waals surface area contributed by atoms with Crippen LogP contribution in [0, 0.1) is 0 Å². The minimum Gasteiger partial charge on any atom is -0.293 e. The van der Waals surface area contributed by atoms with E-state index in [4.69, 9.17) is 0 Å². The van der Waals surface area contributed by atoms with Gasteiger partial charge in [-0.05, 0) is 24.3 Å². The van der Waals surface area contributed by atoms with E-state index in [1.54, 1.807) is 24.3 Å². The van der Waals surface area contributed by atoms with E-state index in [9.17, 15) is 18.0 Å². The number of ketones is 1. The maximum atomic E-state index is 12.4. The van der Waals surface area contributed by atoms with Gasteiger partial charge in [0.15, 0.2) is 5.78 Å². The lowest BCUT2D eigenvalue weighted by Crippen LogP contribution is -2.06. The summed E-state index contributed by atoms with van der Waals surface area (Å²) in [6, 6.07) is 9.12. The summed E-state index contributed by atoms with van der Waals surface area (Å²) in [5.41, 5.74) is -0.247. The number of rotatable bonds is 4. The van der Waals surface area contributed by atoms with Gasteiger partial charge in [-0.15, -0.1) is 0 Å². The molecule has 0 unspecified atom stereocenters. The van der Waals surface area contributed by atoms with Crippen molar-refractivity contribution in [1.29, 1.82) is 0 Å². The monoisotopic (exact) mass is 375 g/mol. The van der Waals surface area contributed by atoms with Crippen LogP contribution in [0.25, 0.3) is 0 Å². The number of pyridine rings is 1. The normalized spacial score (nSPS) is 11.4. The van der Waals surface area contributed by atoms with Gasteiger partial charge in [-0.1, -0.05) is 39.8 Å². The van der Waals surface area contributed by atoms with Crippen molar-refractivity contribution in [2.75, 3.05) is 5.75 Å². The lowest BCUT2D eigenvalue weighted by molar-refractivity contribution is -0.137. The Morgan fingerprint density at radius 3 is 2.33 bits per heavy atom. The highest BCUT2D eigenvalue weighted by Gasteiger charge is 2.30. The summed E-state index contributed by atoms with van der Waals surface area (Å²) >= 11 is 4.38. The number of benzene rings is 1. The first-order valence-corrected chi connectivity index (χ1v) is 7.59. The van der Waals surface area contributed by atoms with Gasteiger partial charge in [0.05, 0.1) is 16.3 Å². The van der Waals surface area contributed by atoms with E-state index in [0.29, 0.717) is 10.6 Å². The van der Waals surface area contributed by atoms with Crippen molar-refractivity contribution in [2.45, 2.75) is 11.2 Å². The summed E-state index contributed by atoms with van der Waals surface area (Å²) in [6.45, 7) is 0. The fourth-order valence-electron chi connectivity index (χ4n) is 1.49. The predicted octanol–water partition coefficient (Wildman–Crippen LogP) is 4.84. The second-order valence-corrected chi connectivity index (χ2v) is 6.01. The van der Waals surface area contributed by atoms with Crippen molar-refractivity contribution in [3.05, 3.63) is 58.2 Å². The van der Waals surface area contributed by atoms with Gasteiger partial charge in [-0.3, -0.25) is 4.79 Å². The molecule has 0 saturated carbocycles. The molecule has 7 heteroatoms. The van der Waals surface area contributed by atoms with Crippen LogP contribution < -0.4 is 0 Å². The highest BCUT2D eigenvalue weighted by Crippen LogP contribution is 2.29. The molecule has 2 nitrogen and oxygen atoms in total. The molecule has 0 amide bonds. The van der Waals surface area contributed by atoms with Gasteiger partial charge in [0, 0.05) is 16.2 Å². The maximum absolute atomic E-state index is 12.4. The Labute approximate surface area is 131 Å². The number of hydrogen-bond donors (Lipinski definition) is 0. The first-order valence-electron chi connectivity index (χ1n) is 5.81. The number of hydrogen-bond acceptors (Lipinski definition) is 3. The first kappa shape index (κ1) is 16.0. The summed E-state index contributed by atoms with van der Waals surface area (Å²) in [5.74, 6) is 0.0224. The van der Waals surface area contributed by atoms with Crippen LogP contribution >= 0.6 is 27.7 Å². The molecule has 0 aliphatic heterocycles. The summed E-state index contributed by atoms with van der Waals surface area (Å²) in [6.07, 6.45) is -3.63. The van der Waals surface area contributed by atoms with Crippen molar-refractivity contribution in [3.63, 3.8) is 0 Å². The van der Waals surface area contributed by atoms with Crippen LogP contribution in [-0.2, 0) is 6.18 Å². The third-order valence-electron chi connectivity index (χ3n) is 2.58. The number of carbonyl (C=O) groups excluding carboxylic acids is 1. The molecule has 0 radical (unpaired) electrons. The molecule has 2 aromatic rings. The molecular formula is C14H9BrF3NOS. The fourth-order valence-corrected chi connectivity index (χ4v) is 2.49. The molecule has 21 heavy (non-hydrogen) atoms. The van der Waals surface area contributed by atoms with Crippen LogP contribution in [0.3, 0.4) is 0 Å². The zero-order chi connectivity index (χ0) is 15.5. The van der Waals surface area contributed by atoms with E-state index in [-0.39, 0.29) is 11.5 Å². The molecule has 110 valence electrons. The maximum Gasteiger partial charge on any atom is 0.417 e. The molecule has 1 aromatic heterocycles. The molecule has 0 atom stereocenters. The molecule has 0 aliphatic carbocycles. The molecule has 1 heterocycles. The highest BCUT2D eigenvalue weighted by molar-refractivity contribution is 9.10.